The molecule has 1 saturated carbocycles. The van der Waals surface area contributed by atoms with E-state index >= 15 is 0 Å². The summed E-state index contributed by atoms with van der Waals surface area (Å²) in [4.78, 5) is 19.8. The molecule has 0 aliphatic heterocycles. The molecule has 1 aliphatic rings. The summed E-state index contributed by atoms with van der Waals surface area (Å²) in [5.41, 5.74) is -0.794. The first-order valence-corrected chi connectivity index (χ1v) is 10.1. The van der Waals surface area contributed by atoms with E-state index in [1.165, 1.54) is 6.42 Å². The predicted octanol–water partition coefficient (Wildman–Crippen LogP) is 5.11. The van der Waals surface area contributed by atoms with Crippen molar-refractivity contribution in [3.05, 3.63) is 63.9 Å². The maximum atomic E-state index is 13.7. The van der Waals surface area contributed by atoms with Crippen LogP contribution in [-0.4, -0.2) is 16.0 Å². The lowest BCUT2D eigenvalue weighted by molar-refractivity contribution is -0.136. The molecule has 30 heavy (non-hydrogen) atoms. The molecule has 3 N–H and O–H groups in total. The van der Waals surface area contributed by atoms with Crippen LogP contribution >= 0.6 is 0 Å². The molecule has 3 aromatic rings. The number of rotatable bonds is 5. The van der Waals surface area contributed by atoms with Crippen molar-refractivity contribution < 1.29 is 13.2 Å². The predicted molar refractivity (Wildman–Crippen MR) is 111 cm³/mol. The van der Waals surface area contributed by atoms with E-state index in [0.29, 0.717) is 5.69 Å². The zero-order valence-corrected chi connectivity index (χ0v) is 16.4. The zero-order valence-electron chi connectivity index (χ0n) is 16.4. The van der Waals surface area contributed by atoms with Gasteiger partial charge < -0.3 is 15.6 Å². The minimum Gasteiger partial charge on any atom is -0.342 e. The van der Waals surface area contributed by atoms with Crippen LogP contribution in [0.1, 0.15) is 43.4 Å². The summed E-state index contributed by atoms with van der Waals surface area (Å²) in [7, 11) is 0. The topological polar surface area (TPSA) is 69.8 Å². The summed E-state index contributed by atoms with van der Waals surface area (Å²) in [6.07, 6.45) is 0.825. The fraction of sp³-hybridized carbons (Fsp3) is 0.364. The average Bonchev–Trinajstić information content (AvgIpc) is 2.72. The third kappa shape index (κ3) is 4.64. The highest BCUT2D eigenvalue weighted by Gasteiger charge is 2.35. The van der Waals surface area contributed by atoms with Gasteiger partial charge in [-0.05, 0) is 31.0 Å². The lowest BCUT2D eigenvalue weighted by Crippen LogP contribution is -2.31. The van der Waals surface area contributed by atoms with Gasteiger partial charge in [0, 0.05) is 24.3 Å². The summed E-state index contributed by atoms with van der Waals surface area (Å²) in [5.74, 6) is 0.289. The molecule has 0 spiro atoms. The Labute approximate surface area is 171 Å². The molecule has 2 aromatic heterocycles. The number of para-hydroxylation sites is 1. The zero-order chi connectivity index (χ0) is 21.1. The molecule has 0 radical (unpaired) electrons. The van der Waals surface area contributed by atoms with E-state index < -0.39 is 22.6 Å². The molecule has 0 amide bonds. The molecule has 0 unspecified atom stereocenters. The molecule has 158 valence electrons. The van der Waals surface area contributed by atoms with E-state index in [-0.39, 0.29) is 29.7 Å². The fourth-order valence-corrected chi connectivity index (χ4v) is 3.92. The number of hydrogen-bond donors (Lipinski definition) is 3. The summed E-state index contributed by atoms with van der Waals surface area (Å²) in [5, 5.41) is 5.88. The lowest BCUT2D eigenvalue weighted by atomic mass is 9.95. The van der Waals surface area contributed by atoms with Crippen molar-refractivity contribution in [3.8, 4) is 0 Å². The van der Waals surface area contributed by atoms with Gasteiger partial charge in [0.25, 0.3) is 0 Å². The van der Waals surface area contributed by atoms with Gasteiger partial charge >= 0.3 is 6.18 Å². The van der Waals surface area contributed by atoms with Crippen molar-refractivity contribution in [2.75, 3.05) is 5.32 Å². The minimum absolute atomic E-state index is 0.0730. The van der Waals surface area contributed by atoms with Crippen LogP contribution in [0.25, 0.3) is 11.0 Å². The van der Waals surface area contributed by atoms with Crippen molar-refractivity contribution in [1.82, 2.24) is 15.3 Å². The second-order valence-corrected chi connectivity index (χ2v) is 7.64. The van der Waals surface area contributed by atoms with E-state index in [2.05, 4.69) is 20.6 Å². The third-order valence-corrected chi connectivity index (χ3v) is 5.38. The van der Waals surface area contributed by atoms with E-state index in [0.717, 1.165) is 37.8 Å². The number of nitrogens with one attached hydrogen (secondary N) is 3. The van der Waals surface area contributed by atoms with Crippen molar-refractivity contribution >= 4 is 22.5 Å². The number of nitrogens with zero attached hydrogens (tertiary/aromatic N) is 1. The average molecular weight is 416 g/mol. The monoisotopic (exact) mass is 416 g/mol. The number of anilines is 2. The van der Waals surface area contributed by atoms with Gasteiger partial charge in [0.2, 0.25) is 0 Å². The van der Waals surface area contributed by atoms with Gasteiger partial charge in [0.1, 0.15) is 11.5 Å². The Morgan fingerprint density at radius 3 is 2.50 bits per heavy atom. The molecule has 1 fully saturated rings. The van der Waals surface area contributed by atoms with Gasteiger partial charge in [-0.3, -0.25) is 4.79 Å². The normalized spacial score (nSPS) is 15.4. The number of aromatic amines is 1. The molecule has 8 heteroatoms. The van der Waals surface area contributed by atoms with Gasteiger partial charge in [-0.25, -0.2) is 4.98 Å². The Balaban J connectivity index is 1.70. The van der Waals surface area contributed by atoms with Gasteiger partial charge in [0.05, 0.1) is 16.6 Å². The highest BCUT2D eigenvalue weighted by Crippen LogP contribution is 2.33. The van der Waals surface area contributed by atoms with Gasteiger partial charge in [0.15, 0.2) is 5.43 Å². The molecule has 4 rings (SSSR count). The number of benzene rings is 1. The number of halogens is 3. The highest BCUT2D eigenvalue weighted by atomic mass is 19.4. The van der Waals surface area contributed by atoms with E-state index in [9.17, 15) is 18.0 Å². The first-order chi connectivity index (χ1) is 14.4. The molecule has 2 heterocycles. The van der Waals surface area contributed by atoms with Crippen LogP contribution in [0.15, 0.2) is 47.3 Å². The maximum Gasteiger partial charge on any atom is 0.417 e. The molecule has 1 aliphatic carbocycles. The Bertz CT molecular complexity index is 1070. The Morgan fingerprint density at radius 2 is 1.80 bits per heavy atom. The summed E-state index contributed by atoms with van der Waals surface area (Å²) in [6.45, 7) is 0.224. The summed E-state index contributed by atoms with van der Waals surface area (Å²) < 4.78 is 41.1. The van der Waals surface area contributed by atoms with Crippen LogP contribution in [0.4, 0.5) is 24.7 Å². The molecule has 5 nitrogen and oxygen atoms in total. The van der Waals surface area contributed by atoms with Crippen molar-refractivity contribution in [1.29, 1.82) is 0 Å². The standard InChI is InChI=1S/C22H23F3N4O/c23-22(24,25)17-11-16(13-26-14-7-3-1-4-8-14)28-21-20(17)18(30)12-19(29-21)27-15-9-5-2-6-10-15/h2,5-6,9-12,14,26H,1,3-4,7-8,13H2,(H2,27,28,29,30). The smallest absolute Gasteiger partial charge is 0.342 e. The van der Waals surface area contributed by atoms with Crippen molar-refractivity contribution in [2.24, 2.45) is 0 Å². The van der Waals surface area contributed by atoms with Crippen molar-refractivity contribution in [3.63, 3.8) is 0 Å². The number of hydrogen-bond acceptors (Lipinski definition) is 4. The lowest BCUT2D eigenvalue weighted by Gasteiger charge is -2.23. The second kappa shape index (κ2) is 8.47. The molecule has 0 atom stereocenters. The van der Waals surface area contributed by atoms with Crippen molar-refractivity contribution in [2.45, 2.75) is 50.9 Å². The van der Waals surface area contributed by atoms with E-state index in [1.54, 1.807) is 12.1 Å². The van der Waals surface area contributed by atoms with Crippen LogP contribution in [0, 0.1) is 0 Å². The Morgan fingerprint density at radius 1 is 1.07 bits per heavy atom. The van der Waals surface area contributed by atoms with Gasteiger partial charge in [-0.15, -0.1) is 0 Å². The number of pyridine rings is 2. The molecular formula is C22H23F3N4O. The summed E-state index contributed by atoms with van der Waals surface area (Å²) in [6, 6.07) is 11.5. The SMILES string of the molecule is O=c1cc(Nc2ccccc2)[nH]c2nc(CNC3CCCCC3)cc(C(F)(F)F)c12. The number of fused-ring (bicyclic) bond motifs is 1. The maximum absolute atomic E-state index is 13.7. The molecule has 0 saturated heterocycles. The van der Waals surface area contributed by atoms with Crippen LogP contribution in [0.3, 0.4) is 0 Å². The van der Waals surface area contributed by atoms with Crippen LogP contribution in [0.5, 0.6) is 0 Å². The van der Waals surface area contributed by atoms with E-state index in [1.807, 2.05) is 18.2 Å². The minimum atomic E-state index is -4.65. The van der Waals surface area contributed by atoms with Crippen LogP contribution in [-0.2, 0) is 12.7 Å². The van der Waals surface area contributed by atoms with Crippen LogP contribution in [0.2, 0.25) is 0 Å². The van der Waals surface area contributed by atoms with Gasteiger partial charge in [-0.2, -0.15) is 13.2 Å². The Hall–Kier alpha value is -2.87. The number of aromatic nitrogens is 2. The quantitative estimate of drug-likeness (QED) is 0.541. The molecular weight excluding hydrogens is 393 g/mol. The second-order valence-electron chi connectivity index (χ2n) is 7.64. The first-order valence-electron chi connectivity index (χ1n) is 10.1. The third-order valence-electron chi connectivity index (χ3n) is 5.38. The van der Waals surface area contributed by atoms with Crippen LogP contribution < -0.4 is 16.1 Å². The first kappa shape index (κ1) is 20.4. The number of alkyl halides is 3. The fourth-order valence-electron chi connectivity index (χ4n) is 3.92. The highest BCUT2D eigenvalue weighted by molar-refractivity contribution is 5.81. The summed E-state index contributed by atoms with van der Waals surface area (Å²) >= 11 is 0. The molecule has 1 aromatic carbocycles. The number of H-pyrrole nitrogens is 1. The van der Waals surface area contributed by atoms with Gasteiger partial charge in [-0.1, -0.05) is 37.5 Å². The van der Waals surface area contributed by atoms with E-state index in [4.69, 9.17) is 0 Å². The largest absolute Gasteiger partial charge is 0.417 e. The Kier molecular flexibility index (Phi) is 5.76. The molecule has 0 bridgehead atoms.